The van der Waals surface area contributed by atoms with E-state index in [1.807, 2.05) is 0 Å². The summed E-state index contributed by atoms with van der Waals surface area (Å²) in [4.78, 5) is 40.5. The number of nitrogens with one attached hydrogen (secondary N) is 1. The molecule has 188 valence electrons. The highest BCUT2D eigenvalue weighted by molar-refractivity contribution is 7.88. The second-order valence-electron chi connectivity index (χ2n) is 8.83. The van der Waals surface area contributed by atoms with Gasteiger partial charge in [-0.05, 0) is 37.7 Å². The maximum atomic E-state index is 13.3. The largest absolute Gasteiger partial charge is 0.480 e. The summed E-state index contributed by atoms with van der Waals surface area (Å²) < 4.78 is 33.5. The lowest BCUT2D eigenvalue weighted by Crippen LogP contribution is -2.52. The van der Waals surface area contributed by atoms with Crippen molar-refractivity contribution in [3.63, 3.8) is 0 Å². The van der Waals surface area contributed by atoms with Gasteiger partial charge < -0.3 is 19.6 Å². The predicted octanol–water partition coefficient (Wildman–Crippen LogP) is 0.968. The van der Waals surface area contributed by atoms with E-state index in [-0.39, 0.29) is 37.1 Å². The molecule has 0 aliphatic carbocycles. The molecule has 2 saturated heterocycles. The van der Waals surface area contributed by atoms with Crippen molar-refractivity contribution >= 4 is 27.8 Å². The minimum Gasteiger partial charge on any atom is -0.480 e. The number of amides is 2. The van der Waals surface area contributed by atoms with Gasteiger partial charge >= 0.3 is 5.97 Å². The first-order valence-corrected chi connectivity index (χ1v) is 13.2. The molecule has 2 aliphatic rings. The first-order valence-electron chi connectivity index (χ1n) is 11.6. The Morgan fingerprint density at radius 3 is 2.50 bits per heavy atom. The summed E-state index contributed by atoms with van der Waals surface area (Å²) in [7, 11) is -2.22. The van der Waals surface area contributed by atoms with Crippen LogP contribution in [0.1, 0.15) is 44.1 Å². The van der Waals surface area contributed by atoms with Crippen LogP contribution >= 0.6 is 0 Å². The number of aliphatic carboxylic acids is 1. The number of likely N-dealkylation sites (tertiary alicyclic amines) is 1. The zero-order valence-electron chi connectivity index (χ0n) is 19.4. The SMILES string of the molecule is CN(C(=O)CCC(NS(=O)(=O)Cc1ccccc1)C(=O)N1CCCC1C(=O)O)C1CCOCC1. The number of ether oxygens (including phenoxy) is 1. The zero-order chi connectivity index (χ0) is 24.7. The van der Waals surface area contributed by atoms with Gasteiger partial charge in [0.05, 0.1) is 5.75 Å². The standard InChI is InChI=1S/C23H33N3O7S/c1-25(18-11-14-33-15-12-18)21(27)10-9-19(22(28)26-13-5-8-20(26)23(29)30)24-34(31,32)16-17-6-3-2-4-7-17/h2-4,6-7,18-20,24H,5,8-16H2,1H3,(H,29,30). The summed E-state index contributed by atoms with van der Waals surface area (Å²) in [6.45, 7) is 1.39. The van der Waals surface area contributed by atoms with Crippen LogP contribution in [0.25, 0.3) is 0 Å². The van der Waals surface area contributed by atoms with Crippen molar-refractivity contribution in [1.82, 2.24) is 14.5 Å². The summed E-state index contributed by atoms with van der Waals surface area (Å²) in [5.41, 5.74) is 0.557. The molecule has 34 heavy (non-hydrogen) atoms. The Morgan fingerprint density at radius 1 is 1.18 bits per heavy atom. The van der Waals surface area contributed by atoms with Crippen LogP contribution in [0.2, 0.25) is 0 Å². The molecule has 0 saturated carbocycles. The van der Waals surface area contributed by atoms with E-state index < -0.39 is 34.0 Å². The van der Waals surface area contributed by atoms with Crippen molar-refractivity contribution in [3.05, 3.63) is 35.9 Å². The highest BCUT2D eigenvalue weighted by Crippen LogP contribution is 2.21. The Kier molecular flexibility index (Phi) is 9.03. The van der Waals surface area contributed by atoms with E-state index >= 15 is 0 Å². The number of hydrogen-bond donors (Lipinski definition) is 2. The van der Waals surface area contributed by atoms with Gasteiger partial charge in [-0.1, -0.05) is 30.3 Å². The molecular weight excluding hydrogens is 462 g/mol. The van der Waals surface area contributed by atoms with E-state index in [4.69, 9.17) is 4.74 Å². The average molecular weight is 496 g/mol. The lowest BCUT2D eigenvalue weighted by molar-refractivity contribution is -0.149. The van der Waals surface area contributed by atoms with Crippen molar-refractivity contribution in [3.8, 4) is 0 Å². The Labute approximate surface area is 200 Å². The Balaban J connectivity index is 1.72. The van der Waals surface area contributed by atoms with Crippen LogP contribution in [-0.4, -0.2) is 86.0 Å². The van der Waals surface area contributed by atoms with Crippen molar-refractivity contribution in [2.45, 2.75) is 62.4 Å². The lowest BCUT2D eigenvalue weighted by atomic mass is 10.1. The van der Waals surface area contributed by atoms with E-state index in [0.29, 0.717) is 31.6 Å². The fraction of sp³-hybridized carbons (Fsp3) is 0.609. The summed E-state index contributed by atoms with van der Waals surface area (Å²) in [6.07, 6.45) is 2.20. The molecule has 2 amide bonds. The van der Waals surface area contributed by atoms with Gasteiger partial charge in [-0.2, -0.15) is 0 Å². The van der Waals surface area contributed by atoms with E-state index in [0.717, 1.165) is 12.8 Å². The number of sulfonamides is 1. The zero-order valence-corrected chi connectivity index (χ0v) is 20.2. The van der Waals surface area contributed by atoms with Crippen LogP contribution in [0, 0.1) is 0 Å². The van der Waals surface area contributed by atoms with Gasteiger partial charge in [-0.3, -0.25) is 9.59 Å². The number of hydrogen-bond acceptors (Lipinski definition) is 6. The average Bonchev–Trinajstić information content (AvgIpc) is 3.32. The highest BCUT2D eigenvalue weighted by Gasteiger charge is 2.38. The van der Waals surface area contributed by atoms with Gasteiger partial charge in [0.2, 0.25) is 21.8 Å². The molecule has 2 heterocycles. The van der Waals surface area contributed by atoms with Crippen LogP contribution in [-0.2, 0) is 34.9 Å². The van der Waals surface area contributed by atoms with Crippen LogP contribution in [0.3, 0.4) is 0 Å². The quantitative estimate of drug-likeness (QED) is 0.494. The van der Waals surface area contributed by atoms with E-state index in [2.05, 4.69) is 4.72 Å². The minimum atomic E-state index is -3.92. The van der Waals surface area contributed by atoms with Crippen LogP contribution < -0.4 is 4.72 Å². The predicted molar refractivity (Wildman–Crippen MR) is 124 cm³/mol. The van der Waals surface area contributed by atoms with E-state index in [1.54, 1.807) is 42.3 Å². The molecule has 2 atom stereocenters. The van der Waals surface area contributed by atoms with Crippen molar-refractivity contribution in [2.24, 2.45) is 0 Å². The van der Waals surface area contributed by atoms with E-state index in [1.165, 1.54) is 4.90 Å². The molecule has 1 aromatic rings. The third-order valence-electron chi connectivity index (χ3n) is 6.42. The Hall–Kier alpha value is -2.50. The number of nitrogens with zero attached hydrogens (tertiary/aromatic N) is 2. The van der Waals surface area contributed by atoms with Crippen molar-refractivity contribution < 1.29 is 32.6 Å². The van der Waals surface area contributed by atoms with Crippen LogP contribution in [0.4, 0.5) is 0 Å². The fourth-order valence-electron chi connectivity index (χ4n) is 4.49. The van der Waals surface area contributed by atoms with Crippen molar-refractivity contribution in [2.75, 3.05) is 26.8 Å². The third kappa shape index (κ3) is 7.00. The number of carboxylic acids is 1. The maximum absolute atomic E-state index is 13.3. The smallest absolute Gasteiger partial charge is 0.326 e. The van der Waals surface area contributed by atoms with E-state index in [9.17, 15) is 27.9 Å². The van der Waals surface area contributed by atoms with Gasteiger partial charge in [0.15, 0.2) is 0 Å². The molecule has 0 radical (unpaired) electrons. The van der Waals surface area contributed by atoms with Crippen LogP contribution in [0.15, 0.2) is 30.3 Å². The number of benzene rings is 1. The molecule has 0 bridgehead atoms. The second-order valence-corrected chi connectivity index (χ2v) is 10.6. The molecule has 11 heteroatoms. The molecule has 0 spiro atoms. The molecule has 2 fully saturated rings. The maximum Gasteiger partial charge on any atom is 0.326 e. The van der Waals surface area contributed by atoms with Crippen molar-refractivity contribution in [1.29, 1.82) is 0 Å². The Bertz CT molecular complexity index is 964. The topological polar surface area (TPSA) is 133 Å². The van der Waals surface area contributed by atoms with Gasteiger partial charge in [-0.25, -0.2) is 17.9 Å². The molecule has 2 N–H and O–H groups in total. The van der Waals surface area contributed by atoms with Gasteiger partial charge in [0.25, 0.3) is 0 Å². The number of carboxylic acid groups (broad SMARTS) is 1. The molecule has 2 aliphatic heterocycles. The summed E-state index contributed by atoms with van der Waals surface area (Å²) >= 11 is 0. The normalized spacial score (nSPS) is 20.1. The minimum absolute atomic E-state index is 0.0380. The Morgan fingerprint density at radius 2 is 1.85 bits per heavy atom. The fourth-order valence-corrected chi connectivity index (χ4v) is 5.86. The highest BCUT2D eigenvalue weighted by atomic mass is 32.2. The molecule has 2 unspecified atom stereocenters. The molecule has 0 aromatic heterocycles. The molecule has 10 nitrogen and oxygen atoms in total. The summed E-state index contributed by atoms with van der Waals surface area (Å²) in [6, 6.07) is 6.39. The van der Waals surface area contributed by atoms with Gasteiger partial charge in [-0.15, -0.1) is 0 Å². The number of rotatable bonds is 10. The van der Waals surface area contributed by atoms with Gasteiger partial charge in [0, 0.05) is 39.3 Å². The third-order valence-corrected chi connectivity index (χ3v) is 7.78. The van der Waals surface area contributed by atoms with Gasteiger partial charge in [0.1, 0.15) is 12.1 Å². The first-order chi connectivity index (χ1) is 16.2. The first kappa shape index (κ1) is 26.1. The summed E-state index contributed by atoms with van der Waals surface area (Å²) in [5, 5.41) is 9.47. The van der Waals surface area contributed by atoms with Crippen LogP contribution in [0.5, 0.6) is 0 Å². The summed E-state index contributed by atoms with van der Waals surface area (Å²) in [5.74, 6) is -2.24. The molecular formula is C23H33N3O7S. The molecule has 1 aromatic carbocycles. The monoisotopic (exact) mass is 495 g/mol. The molecule has 3 rings (SSSR count). The number of carbonyl (C=O) groups excluding carboxylic acids is 2. The second kappa shape index (κ2) is 11.8. The lowest BCUT2D eigenvalue weighted by Gasteiger charge is -2.32. The number of carbonyl (C=O) groups is 3.